The Hall–Kier alpha value is -3.93. The first-order chi connectivity index (χ1) is 18.9. The molecule has 0 bridgehead atoms. The summed E-state index contributed by atoms with van der Waals surface area (Å²) in [6.07, 6.45) is 2.27. The summed E-state index contributed by atoms with van der Waals surface area (Å²) in [5.74, 6) is -0.125. The molecular formula is C28H33N5O6. The molecule has 2 aromatic carbocycles. The highest BCUT2D eigenvalue weighted by Gasteiger charge is 2.30. The molecule has 1 unspecified atom stereocenters. The van der Waals surface area contributed by atoms with Crippen molar-refractivity contribution in [3.8, 4) is 0 Å². The zero-order valence-electron chi connectivity index (χ0n) is 21.8. The average molecular weight is 536 g/mol. The number of aryl methyl sites for hydroxylation is 1. The molecule has 2 amide bonds. The van der Waals surface area contributed by atoms with Gasteiger partial charge >= 0.3 is 0 Å². The van der Waals surface area contributed by atoms with Crippen LogP contribution >= 0.6 is 0 Å². The molecule has 1 saturated heterocycles. The van der Waals surface area contributed by atoms with Gasteiger partial charge in [-0.2, -0.15) is 0 Å². The molecule has 2 aliphatic rings. The van der Waals surface area contributed by atoms with Gasteiger partial charge in [-0.25, -0.2) is 10.5 Å². The fourth-order valence-corrected chi connectivity index (χ4v) is 4.57. The van der Waals surface area contributed by atoms with Crippen molar-refractivity contribution < 1.29 is 29.1 Å². The van der Waals surface area contributed by atoms with E-state index in [-0.39, 0.29) is 23.8 Å². The zero-order chi connectivity index (χ0) is 27.4. The first-order valence-corrected chi connectivity index (χ1v) is 13.1. The Balaban J connectivity index is 1.33. The molecule has 2 heterocycles. The number of piperazine rings is 1. The van der Waals surface area contributed by atoms with Crippen LogP contribution in [-0.4, -0.2) is 72.5 Å². The second-order valence-corrected chi connectivity index (χ2v) is 9.87. The summed E-state index contributed by atoms with van der Waals surface area (Å²) < 4.78 is 5.49. The normalized spacial score (nSPS) is 16.2. The topological polar surface area (TPSA) is 140 Å². The molecular weight excluding hydrogens is 502 g/mol. The van der Waals surface area contributed by atoms with Crippen molar-refractivity contribution in [2.24, 2.45) is 0 Å². The van der Waals surface area contributed by atoms with E-state index in [2.05, 4.69) is 44.6 Å². The van der Waals surface area contributed by atoms with Gasteiger partial charge in [-0.05, 0) is 49.6 Å². The number of anilines is 3. The Labute approximate surface area is 226 Å². The Morgan fingerprint density at radius 2 is 1.79 bits per heavy atom. The van der Waals surface area contributed by atoms with E-state index in [4.69, 9.17) is 14.4 Å². The molecule has 3 aromatic rings. The van der Waals surface area contributed by atoms with Gasteiger partial charge in [0.2, 0.25) is 0 Å². The number of para-hydroxylation sites is 1. The molecule has 39 heavy (non-hydrogen) atoms. The minimum Gasteiger partial charge on any atom is -0.448 e. The Kier molecular flexibility index (Phi) is 8.10. The van der Waals surface area contributed by atoms with Crippen LogP contribution in [0.5, 0.6) is 0 Å². The van der Waals surface area contributed by atoms with E-state index in [0.29, 0.717) is 11.6 Å². The van der Waals surface area contributed by atoms with Gasteiger partial charge in [0.15, 0.2) is 11.6 Å². The number of benzene rings is 2. The molecule has 4 N–H and O–H groups in total. The summed E-state index contributed by atoms with van der Waals surface area (Å²) in [7, 11) is 0. The Morgan fingerprint density at radius 3 is 2.49 bits per heavy atom. The maximum atomic E-state index is 13.1. The molecule has 1 atom stereocenters. The summed E-state index contributed by atoms with van der Waals surface area (Å²) in [5, 5.41) is 21.3. The fourth-order valence-electron chi connectivity index (χ4n) is 4.57. The lowest BCUT2D eigenvalue weighted by Gasteiger charge is -2.38. The second-order valence-electron chi connectivity index (χ2n) is 9.87. The van der Waals surface area contributed by atoms with Crippen molar-refractivity contribution >= 4 is 28.9 Å². The van der Waals surface area contributed by atoms with E-state index in [1.165, 1.54) is 17.5 Å². The first-order valence-electron chi connectivity index (χ1n) is 13.1. The molecule has 0 spiro atoms. The SMILES string of the molecule is Cc1ccccc1N1CCN(c2ccc(C(=O)NOCC(O)CO)cc2NC(=O)c2coc(C3CC3)n2)CC1. The maximum absolute atomic E-state index is 13.1. The third-order valence-electron chi connectivity index (χ3n) is 6.92. The predicted molar refractivity (Wildman–Crippen MR) is 145 cm³/mol. The Morgan fingerprint density at radius 1 is 1.08 bits per heavy atom. The lowest BCUT2D eigenvalue weighted by Crippen LogP contribution is -2.47. The number of hydrogen-bond donors (Lipinski definition) is 4. The molecule has 1 aliphatic heterocycles. The van der Waals surface area contributed by atoms with Crippen molar-refractivity contribution in [1.82, 2.24) is 10.5 Å². The van der Waals surface area contributed by atoms with Crippen LogP contribution in [0.2, 0.25) is 0 Å². The van der Waals surface area contributed by atoms with E-state index >= 15 is 0 Å². The number of aliphatic hydroxyl groups is 2. The monoisotopic (exact) mass is 535 g/mol. The van der Waals surface area contributed by atoms with E-state index in [0.717, 1.165) is 44.7 Å². The highest BCUT2D eigenvalue weighted by atomic mass is 16.7. The van der Waals surface area contributed by atoms with Gasteiger partial charge in [0, 0.05) is 43.3 Å². The number of nitrogens with zero attached hydrogens (tertiary/aromatic N) is 3. The third-order valence-corrected chi connectivity index (χ3v) is 6.92. The minimum atomic E-state index is -1.11. The number of aromatic nitrogens is 1. The summed E-state index contributed by atoms with van der Waals surface area (Å²) in [6.45, 7) is 4.41. The zero-order valence-corrected chi connectivity index (χ0v) is 21.8. The molecule has 206 valence electrons. The average Bonchev–Trinajstić information content (AvgIpc) is 3.69. The molecule has 11 heteroatoms. The molecule has 2 fully saturated rings. The third kappa shape index (κ3) is 6.39. The summed E-state index contributed by atoms with van der Waals surface area (Å²) >= 11 is 0. The number of hydrogen-bond acceptors (Lipinski definition) is 9. The number of nitrogens with one attached hydrogen (secondary N) is 2. The summed E-state index contributed by atoms with van der Waals surface area (Å²) in [5.41, 5.74) is 6.37. The molecule has 5 rings (SSSR count). The van der Waals surface area contributed by atoms with E-state index < -0.39 is 24.5 Å². The van der Waals surface area contributed by atoms with Gasteiger partial charge in [-0.15, -0.1) is 0 Å². The maximum Gasteiger partial charge on any atom is 0.277 e. The van der Waals surface area contributed by atoms with Gasteiger partial charge in [0.05, 0.1) is 18.0 Å². The largest absolute Gasteiger partial charge is 0.448 e. The second kappa shape index (κ2) is 11.9. The number of carbonyl (C=O) groups excluding carboxylic acids is 2. The highest BCUT2D eigenvalue weighted by molar-refractivity contribution is 6.06. The molecule has 1 aromatic heterocycles. The summed E-state index contributed by atoms with van der Waals surface area (Å²) in [4.78, 5) is 39.7. The standard InChI is InChI=1S/C28H33N5O6/c1-18-4-2-3-5-24(18)32-10-12-33(13-11-32)25-9-8-20(26(36)31-39-16-21(35)15-34)14-22(25)29-27(37)23-17-38-28(30-23)19-6-7-19/h2-5,8-9,14,17,19,21,34-35H,6-7,10-13,15-16H2,1H3,(H,29,37)(H,31,36). The quantitative estimate of drug-likeness (QED) is 0.288. The van der Waals surface area contributed by atoms with Crippen LogP contribution in [0.25, 0.3) is 0 Å². The highest BCUT2D eigenvalue weighted by Crippen LogP contribution is 2.39. The van der Waals surface area contributed by atoms with Crippen LogP contribution in [-0.2, 0) is 4.84 Å². The van der Waals surface area contributed by atoms with E-state index in [1.807, 2.05) is 12.1 Å². The first kappa shape index (κ1) is 26.7. The van der Waals surface area contributed by atoms with Crippen molar-refractivity contribution in [3.05, 3.63) is 71.4 Å². The van der Waals surface area contributed by atoms with Gasteiger partial charge in [-0.3, -0.25) is 14.4 Å². The van der Waals surface area contributed by atoms with Crippen LogP contribution in [0.1, 0.15) is 51.1 Å². The Bertz CT molecular complexity index is 1320. The van der Waals surface area contributed by atoms with Crippen molar-refractivity contribution in [1.29, 1.82) is 0 Å². The number of amides is 2. The summed E-state index contributed by atoms with van der Waals surface area (Å²) in [6, 6.07) is 13.3. The number of oxazole rings is 1. The lowest BCUT2D eigenvalue weighted by molar-refractivity contribution is -0.0295. The van der Waals surface area contributed by atoms with Crippen LogP contribution in [0.15, 0.2) is 53.1 Å². The fraction of sp³-hybridized carbons (Fsp3) is 0.393. The van der Waals surface area contributed by atoms with E-state index in [9.17, 15) is 14.7 Å². The van der Waals surface area contributed by atoms with Crippen molar-refractivity contribution in [3.63, 3.8) is 0 Å². The van der Waals surface area contributed by atoms with Crippen LogP contribution in [0, 0.1) is 6.92 Å². The number of aliphatic hydroxyl groups excluding tert-OH is 2. The molecule has 11 nitrogen and oxygen atoms in total. The van der Waals surface area contributed by atoms with E-state index in [1.54, 1.807) is 18.2 Å². The van der Waals surface area contributed by atoms with Gasteiger partial charge in [-0.1, -0.05) is 18.2 Å². The number of hydroxylamine groups is 1. The van der Waals surface area contributed by atoms with Crippen molar-refractivity contribution in [2.45, 2.75) is 31.8 Å². The number of rotatable bonds is 10. The van der Waals surface area contributed by atoms with Crippen LogP contribution < -0.4 is 20.6 Å². The van der Waals surface area contributed by atoms with Gasteiger partial charge in [0.25, 0.3) is 11.8 Å². The van der Waals surface area contributed by atoms with Gasteiger partial charge in [0.1, 0.15) is 19.0 Å². The molecule has 1 saturated carbocycles. The smallest absolute Gasteiger partial charge is 0.277 e. The molecule has 0 radical (unpaired) electrons. The van der Waals surface area contributed by atoms with Crippen LogP contribution in [0.4, 0.5) is 17.1 Å². The molecule has 1 aliphatic carbocycles. The number of carbonyl (C=O) groups is 2. The predicted octanol–water partition coefficient (Wildman–Crippen LogP) is 2.45. The van der Waals surface area contributed by atoms with Crippen LogP contribution in [0.3, 0.4) is 0 Å². The van der Waals surface area contributed by atoms with Gasteiger partial charge < -0.3 is 29.7 Å². The lowest BCUT2D eigenvalue weighted by atomic mass is 10.1. The minimum absolute atomic E-state index is 0.184. The van der Waals surface area contributed by atoms with Crippen molar-refractivity contribution in [2.75, 3.05) is 54.5 Å².